The van der Waals surface area contributed by atoms with Gasteiger partial charge in [-0.25, -0.2) is 0 Å². The van der Waals surface area contributed by atoms with Gasteiger partial charge in [0.2, 0.25) is 0 Å². The molecule has 0 N–H and O–H groups in total. The van der Waals surface area contributed by atoms with E-state index in [1.165, 1.54) is 37.7 Å². The lowest BCUT2D eigenvalue weighted by atomic mass is 9.96. The van der Waals surface area contributed by atoms with Crippen molar-refractivity contribution in [1.29, 1.82) is 0 Å². The van der Waals surface area contributed by atoms with Crippen LogP contribution in [0.1, 0.15) is 56.3 Å². The van der Waals surface area contributed by atoms with E-state index in [1.54, 1.807) is 0 Å². The lowest BCUT2D eigenvalue weighted by Gasteiger charge is -2.21. The molecule has 3 nitrogen and oxygen atoms in total. The molecule has 1 aliphatic rings. The lowest BCUT2D eigenvalue weighted by Crippen LogP contribution is -2.13. The van der Waals surface area contributed by atoms with Crippen LogP contribution in [0.4, 0.5) is 0 Å². The van der Waals surface area contributed by atoms with Crippen molar-refractivity contribution in [3.05, 3.63) is 47.8 Å². The molecule has 0 aliphatic heterocycles. The lowest BCUT2D eigenvalue weighted by molar-refractivity contribution is 0.289. The summed E-state index contributed by atoms with van der Waals surface area (Å²) >= 11 is 0. The average Bonchev–Trinajstić information content (AvgIpc) is 3.03. The van der Waals surface area contributed by atoms with Crippen LogP contribution in [-0.2, 0) is 13.0 Å². The summed E-state index contributed by atoms with van der Waals surface area (Å²) in [6.07, 6.45) is 9.68. The van der Waals surface area contributed by atoms with Gasteiger partial charge in [0.25, 0.3) is 0 Å². The van der Waals surface area contributed by atoms with Gasteiger partial charge in [0.1, 0.15) is 12.4 Å². The van der Waals surface area contributed by atoms with Crippen molar-refractivity contribution >= 4 is 0 Å². The van der Waals surface area contributed by atoms with Gasteiger partial charge >= 0.3 is 0 Å². The first-order valence-corrected chi connectivity index (χ1v) is 8.11. The van der Waals surface area contributed by atoms with E-state index in [1.807, 2.05) is 12.1 Å². The maximum Gasteiger partial charge on any atom is 0.132 e. The van der Waals surface area contributed by atoms with Crippen LogP contribution >= 0.6 is 0 Å². The Morgan fingerprint density at radius 2 is 1.95 bits per heavy atom. The second-order valence-corrected chi connectivity index (χ2v) is 5.83. The van der Waals surface area contributed by atoms with E-state index in [0.717, 1.165) is 17.9 Å². The number of ether oxygens (including phenoxy) is 1. The second kappa shape index (κ2) is 6.79. The molecule has 112 valence electrons. The van der Waals surface area contributed by atoms with Gasteiger partial charge < -0.3 is 4.74 Å². The van der Waals surface area contributed by atoms with Gasteiger partial charge in [0.05, 0.1) is 11.7 Å². The van der Waals surface area contributed by atoms with E-state index in [4.69, 9.17) is 9.84 Å². The Bertz CT molecular complexity index is 570. The first-order valence-electron chi connectivity index (χ1n) is 8.11. The minimum atomic E-state index is 0.552. The first kappa shape index (κ1) is 14.2. The third-order valence-electron chi connectivity index (χ3n) is 4.34. The van der Waals surface area contributed by atoms with Gasteiger partial charge in [-0.15, -0.1) is 0 Å². The molecule has 1 fully saturated rings. The van der Waals surface area contributed by atoms with E-state index >= 15 is 0 Å². The fourth-order valence-electron chi connectivity index (χ4n) is 3.09. The maximum atomic E-state index is 5.94. The number of benzene rings is 1. The normalized spacial score (nSPS) is 16.0. The van der Waals surface area contributed by atoms with Crippen molar-refractivity contribution in [1.82, 2.24) is 9.78 Å². The number of rotatable bonds is 5. The predicted octanol–water partition coefficient (Wildman–Crippen LogP) is 4.53. The fraction of sp³-hybridized carbons (Fsp3) is 0.500. The topological polar surface area (TPSA) is 27.1 Å². The van der Waals surface area contributed by atoms with Crippen molar-refractivity contribution in [2.45, 2.75) is 58.1 Å². The highest BCUT2D eigenvalue weighted by atomic mass is 16.5. The molecule has 1 aromatic heterocycles. The number of aryl methyl sites for hydroxylation is 1. The summed E-state index contributed by atoms with van der Waals surface area (Å²) in [6, 6.07) is 10.9. The molecule has 1 saturated carbocycles. The highest BCUT2D eigenvalue weighted by Crippen LogP contribution is 2.27. The molecule has 0 saturated heterocycles. The van der Waals surface area contributed by atoms with Crippen LogP contribution in [0, 0.1) is 0 Å². The molecule has 21 heavy (non-hydrogen) atoms. The Kier molecular flexibility index (Phi) is 4.59. The molecule has 1 heterocycles. The number of aromatic nitrogens is 2. The zero-order valence-electron chi connectivity index (χ0n) is 12.8. The molecular formula is C18H24N2O. The monoisotopic (exact) mass is 284 g/mol. The third kappa shape index (κ3) is 3.46. The van der Waals surface area contributed by atoms with Gasteiger partial charge in [0, 0.05) is 6.20 Å². The molecule has 0 radical (unpaired) electrons. The Labute approximate surface area is 126 Å². The van der Waals surface area contributed by atoms with Gasteiger partial charge in [0.15, 0.2) is 0 Å². The van der Waals surface area contributed by atoms with Crippen molar-refractivity contribution < 1.29 is 4.74 Å². The first-order chi connectivity index (χ1) is 10.4. The molecule has 1 aromatic carbocycles. The minimum absolute atomic E-state index is 0.552. The van der Waals surface area contributed by atoms with Crippen LogP contribution in [0.15, 0.2) is 36.5 Å². The summed E-state index contributed by atoms with van der Waals surface area (Å²) in [6.45, 7) is 2.71. The zero-order chi connectivity index (χ0) is 14.5. The quantitative estimate of drug-likeness (QED) is 0.806. The standard InChI is InChI=1S/C18H24N2O/c1-2-15-8-6-7-11-18(15)21-14-16-12-13-20(19-16)17-9-4-3-5-10-17/h6-8,11-13,17H,2-5,9-10,14H2,1H3. The minimum Gasteiger partial charge on any atom is -0.487 e. The summed E-state index contributed by atoms with van der Waals surface area (Å²) < 4.78 is 8.08. The Hall–Kier alpha value is -1.77. The van der Waals surface area contributed by atoms with Gasteiger partial charge in [-0.2, -0.15) is 5.10 Å². The van der Waals surface area contributed by atoms with E-state index in [-0.39, 0.29) is 0 Å². The molecule has 0 unspecified atom stereocenters. The molecule has 0 atom stereocenters. The van der Waals surface area contributed by atoms with E-state index in [2.05, 4.69) is 36.0 Å². The van der Waals surface area contributed by atoms with E-state index < -0.39 is 0 Å². The summed E-state index contributed by atoms with van der Waals surface area (Å²) in [5.41, 5.74) is 2.27. The smallest absolute Gasteiger partial charge is 0.132 e. The van der Waals surface area contributed by atoms with Gasteiger partial charge in [-0.05, 0) is 37.0 Å². The fourth-order valence-corrected chi connectivity index (χ4v) is 3.09. The second-order valence-electron chi connectivity index (χ2n) is 5.83. The Morgan fingerprint density at radius 3 is 2.76 bits per heavy atom. The zero-order valence-corrected chi connectivity index (χ0v) is 12.8. The molecule has 1 aliphatic carbocycles. The molecule has 2 aromatic rings. The van der Waals surface area contributed by atoms with Crippen LogP contribution in [-0.4, -0.2) is 9.78 Å². The number of hydrogen-bond acceptors (Lipinski definition) is 2. The Morgan fingerprint density at radius 1 is 1.14 bits per heavy atom. The third-order valence-corrected chi connectivity index (χ3v) is 4.34. The summed E-state index contributed by atoms with van der Waals surface area (Å²) in [5, 5.41) is 4.70. The molecule has 0 spiro atoms. The van der Waals surface area contributed by atoms with Gasteiger partial charge in [-0.3, -0.25) is 4.68 Å². The number of nitrogens with zero attached hydrogens (tertiary/aromatic N) is 2. The van der Waals surface area contributed by atoms with Crippen LogP contribution in [0.5, 0.6) is 5.75 Å². The van der Waals surface area contributed by atoms with E-state index in [0.29, 0.717) is 12.6 Å². The highest BCUT2D eigenvalue weighted by molar-refractivity contribution is 5.33. The SMILES string of the molecule is CCc1ccccc1OCc1ccn(C2CCCCC2)n1. The molecule has 0 bridgehead atoms. The number of para-hydroxylation sites is 1. The van der Waals surface area contributed by atoms with Gasteiger partial charge in [-0.1, -0.05) is 44.4 Å². The molecule has 3 rings (SSSR count). The summed E-state index contributed by atoms with van der Waals surface area (Å²) in [4.78, 5) is 0. The van der Waals surface area contributed by atoms with E-state index in [9.17, 15) is 0 Å². The molecular weight excluding hydrogens is 260 g/mol. The Balaban J connectivity index is 1.62. The summed E-state index contributed by atoms with van der Waals surface area (Å²) in [7, 11) is 0. The summed E-state index contributed by atoms with van der Waals surface area (Å²) in [5.74, 6) is 0.979. The van der Waals surface area contributed by atoms with Crippen LogP contribution in [0.2, 0.25) is 0 Å². The van der Waals surface area contributed by atoms with Crippen molar-refractivity contribution in [3.8, 4) is 5.75 Å². The average molecular weight is 284 g/mol. The molecule has 0 amide bonds. The van der Waals surface area contributed by atoms with Crippen LogP contribution in [0.3, 0.4) is 0 Å². The number of hydrogen-bond donors (Lipinski definition) is 0. The van der Waals surface area contributed by atoms with Crippen molar-refractivity contribution in [2.24, 2.45) is 0 Å². The van der Waals surface area contributed by atoms with Crippen LogP contribution < -0.4 is 4.74 Å². The maximum absolute atomic E-state index is 5.94. The largest absolute Gasteiger partial charge is 0.487 e. The predicted molar refractivity (Wildman–Crippen MR) is 84.5 cm³/mol. The van der Waals surface area contributed by atoms with Crippen molar-refractivity contribution in [2.75, 3.05) is 0 Å². The highest BCUT2D eigenvalue weighted by Gasteiger charge is 2.16. The molecule has 3 heteroatoms. The van der Waals surface area contributed by atoms with Crippen LogP contribution in [0.25, 0.3) is 0 Å². The van der Waals surface area contributed by atoms with Crippen molar-refractivity contribution in [3.63, 3.8) is 0 Å².